The van der Waals surface area contributed by atoms with Crippen molar-refractivity contribution < 1.29 is 19.0 Å². The van der Waals surface area contributed by atoms with E-state index in [-0.39, 0.29) is 5.12 Å². The second-order valence-electron chi connectivity index (χ2n) is 6.74. The Hall–Kier alpha value is -2.52. The van der Waals surface area contributed by atoms with Gasteiger partial charge in [0.15, 0.2) is 16.7 Å². The van der Waals surface area contributed by atoms with Crippen LogP contribution < -0.4 is 19.1 Å². The molecule has 2 heterocycles. The first-order chi connectivity index (χ1) is 13.9. The maximum absolute atomic E-state index is 12.9. The molecular formula is C20H26N4O4S. The molecule has 0 saturated carbocycles. The minimum atomic E-state index is -0.195. The molecule has 29 heavy (non-hydrogen) atoms. The molecule has 8 nitrogen and oxygen atoms in total. The van der Waals surface area contributed by atoms with Crippen LogP contribution in [0.2, 0.25) is 0 Å². The Morgan fingerprint density at radius 1 is 0.966 bits per heavy atom. The van der Waals surface area contributed by atoms with E-state index in [4.69, 9.17) is 14.2 Å². The van der Waals surface area contributed by atoms with Crippen LogP contribution in [0.4, 0.5) is 5.82 Å². The third kappa shape index (κ3) is 4.91. The number of aryl methyl sites for hydroxylation is 1. The van der Waals surface area contributed by atoms with Crippen molar-refractivity contribution in [2.24, 2.45) is 0 Å². The lowest BCUT2D eigenvalue weighted by atomic mass is 10.2. The average molecular weight is 419 g/mol. The summed E-state index contributed by atoms with van der Waals surface area (Å²) >= 11 is 0.991. The summed E-state index contributed by atoms with van der Waals surface area (Å²) in [6.45, 7) is 5.68. The number of piperazine rings is 1. The van der Waals surface area contributed by atoms with Crippen LogP contribution in [0.1, 0.15) is 16.1 Å². The number of rotatable bonds is 6. The fourth-order valence-electron chi connectivity index (χ4n) is 3.11. The van der Waals surface area contributed by atoms with Gasteiger partial charge in [-0.05, 0) is 37.9 Å². The molecule has 0 aliphatic carbocycles. The van der Waals surface area contributed by atoms with E-state index >= 15 is 0 Å². The van der Waals surface area contributed by atoms with Crippen molar-refractivity contribution in [1.29, 1.82) is 0 Å². The fraction of sp³-hybridized carbons (Fsp3) is 0.450. The van der Waals surface area contributed by atoms with E-state index < -0.39 is 0 Å². The number of aromatic nitrogens is 2. The van der Waals surface area contributed by atoms with Crippen LogP contribution in [0.25, 0.3) is 0 Å². The van der Waals surface area contributed by atoms with Gasteiger partial charge in [-0.3, -0.25) is 4.79 Å². The number of anilines is 1. The minimum Gasteiger partial charge on any atom is -0.493 e. The van der Waals surface area contributed by atoms with E-state index in [1.54, 1.807) is 12.1 Å². The van der Waals surface area contributed by atoms with Gasteiger partial charge in [-0.25, -0.2) is 9.97 Å². The van der Waals surface area contributed by atoms with Crippen molar-refractivity contribution >= 4 is 22.7 Å². The zero-order chi connectivity index (χ0) is 21.0. The van der Waals surface area contributed by atoms with Crippen molar-refractivity contribution in [2.45, 2.75) is 12.1 Å². The predicted octanol–water partition coefficient (Wildman–Crippen LogP) is 2.50. The first-order valence-corrected chi connectivity index (χ1v) is 10.1. The van der Waals surface area contributed by atoms with Crippen LogP contribution in [-0.2, 0) is 0 Å². The summed E-state index contributed by atoms with van der Waals surface area (Å²) in [7, 11) is 6.67. The van der Waals surface area contributed by atoms with E-state index in [9.17, 15) is 4.79 Å². The van der Waals surface area contributed by atoms with Gasteiger partial charge < -0.3 is 24.0 Å². The van der Waals surface area contributed by atoms with Crippen LogP contribution in [0, 0.1) is 6.92 Å². The predicted molar refractivity (Wildman–Crippen MR) is 113 cm³/mol. The second kappa shape index (κ2) is 9.32. The lowest BCUT2D eigenvalue weighted by Gasteiger charge is -2.33. The molecule has 3 rings (SSSR count). The second-order valence-corrected chi connectivity index (χ2v) is 7.68. The number of hydrogen-bond donors (Lipinski definition) is 0. The number of carbonyl (C=O) groups excluding carboxylic acids is 1. The Morgan fingerprint density at radius 2 is 1.59 bits per heavy atom. The van der Waals surface area contributed by atoms with Gasteiger partial charge >= 0.3 is 0 Å². The molecule has 1 aliphatic rings. The molecule has 1 fully saturated rings. The summed E-state index contributed by atoms with van der Waals surface area (Å²) in [5, 5.41) is 0.233. The van der Waals surface area contributed by atoms with E-state index in [1.807, 2.05) is 13.0 Å². The maximum Gasteiger partial charge on any atom is 0.227 e. The number of carbonyl (C=O) groups is 1. The third-order valence-corrected chi connectivity index (χ3v) is 5.52. The van der Waals surface area contributed by atoms with Crippen molar-refractivity contribution in [1.82, 2.24) is 14.9 Å². The largest absolute Gasteiger partial charge is 0.493 e. The molecule has 0 unspecified atom stereocenters. The fourth-order valence-corrected chi connectivity index (χ4v) is 3.84. The number of nitrogens with zero attached hydrogens (tertiary/aromatic N) is 4. The summed E-state index contributed by atoms with van der Waals surface area (Å²) < 4.78 is 16.0. The van der Waals surface area contributed by atoms with Crippen LogP contribution in [0.3, 0.4) is 0 Å². The minimum absolute atomic E-state index is 0.195. The molecule has 1 aliphatic heterocycles. The number of hydrogen-bond acceptors (Lipinski definition) is 9. The van der Waals surface area contributed by atoms with Crippen molar-refractivity contribution in [2.75, 3.05) is 59.5 Å². The van der Waals surface area contributed by atoms with Gasteiger partial charge in [0.25, 0.3) is 0 Å². The molecule has 0 amide bonds. The quantitative estimate of drug-likeness (QED) is 0.519. The molecule has 0 atom stereocenters. The highest BCUT2D eigenvalue weighted by atomic mass is 32.2. The molecule has 2 aromatic rings. The summed E-state index contributed by atoms with van der Waals surface area (Å²) in [5.41, 5.74) is 1.25. The highest BCUT2D eigenvalue weighted by molar-refractivity contribution is 8.14. The highest BCUT2D eigenvalue weighted by Crippen LogP contribution is 2.39. The van der Waals surface area contributed by atoms with Gasteiger partial charge in [0.1, 0.15) is 5.82 Å². The van der Waals surface area contributed by atoms with E-state index in [0.717, 1.165) is 49.5 Å². The SMILES string of the molecule is COc1cc(C(=O)Sc2nc(C)cc(N3CCN(C)CC3)n2)cc(OC)c1OC. The normalized spacial score (nSPS) is 14.6. The van der Waals surface area contributed by atoms with Crippen LogP contribution in [0.5, 0.6) is 17.2 Å². The summed E-state index contributed by atoms with van der Waals surface area (Å²) in [6.07, 6.45) is 0. The number of ether oxygens (including phenoxy) is 3. The first-order valence-electron chi connectivity index (χ1n) is 9.26. The molecular weight excluding hydrogens is 392 g/mol. The molecule has 0 spiro atoms. The standard InChI is InChI=1S/C20H26N4O4S/c1-13-10-17(24-8-6-23(2)7-9-24)22-20(21-13)29-19(25)14-11-15(26-3)18(28-5)16(12-14)27-4/h10-12H,6-9H2,1-5H3. The summed E-state index contributed by atoms with van der Waals surface area (Å²) in [6, 6.07) is 5.22. The molecule has 0 radical (unpaired) electrons. The summed E-state index contributed by atoms with van der Waals surface area (Å²) in [4.78, 5) is 26.5. The lowest BCUT2D eigenvalue weighted by molar-refractivity contribution is 0.108. The van der Waals surface area contributed by atoms with Gasteiger partial charge in [0.05, 0.1) is 21.3 Å². The van der Waals surface area contributed by atoms with E-state index in [2.05, 4.69) is 26.8 Å². The zero-order valence-corrected chi connectivity index (χ0v) is 18.2. The Kier molecular flexibility index (Phi) is 6.81. The van der Waals surface area contributed by atoms with Gasteiger partial charge in [0, 0.05) is 43.5 Å². The van der Waals surface area contributed by atoms with Gasteiger partial charge in [-0.1, -0.05) is 0 Å². The van der Waals surface area contributed by atoms with Crippen molar-refractivity contribution in [3.63, 3.8) is 0 Å². The van der Waals surface area contributed by atoms with Crippen LogP contribution >= 0.6 is 11.8 Å². The molecule has 1 aromatic heterocycles. The number of thioether (sulfide) groups is 1. The molecule has 0 N–H and O–H groups in total. The van der Waals surface area contributed by atoms with E-state index in [1.165, 1.54) is 21.3 Å². The Morgan fingerprint density at radius 3 is 2.14 bits per heavy atom. The average Bonchev–Trinajstić information content (AvgIpc) is 2.72. The van der Waals surface area contributed by atoms with Crippen molar-refractivity contribution in [3.05, 3.63) is 29.5 Å². The Labute approximate surface area is 175 Å². The molecule has 0 bridgehead atoms. The van der Waals surface area contributed by atoms with E-state index in [0.29, 0.717) is 28.0 Å². The number of likely N-dealkylation sites (N-methyl/N-ethyl adjacent to an activating group) is 1. The highest BCUT2D eigenvalue weighted by Gasteiger charge is 2.21. The Balaban J connectivity index is 1.84. The molecule has 1 aromatic carbocycles. The van der Waals surface area contributed by atoms with Crippen LogP contribution in [-0.4, -0.2) is 74.5 Å². The lowest BCUT2D eigenvalue weighted by Crippen LogP contribution is -2.44. The maximum atomic E-state index is 12.9. The number of methoxy groups -OCH3 is 3. The number of benzene rings is 1. The van der Waals surface area contributed by atoms with Gasteiger partial charge in [-0.2, -0.15) is 0 Å². The van der Waals surface area contributed by atoms with Crippen molar-refractivity contribution in [3.8, 4) is 17.2 Å². The smallest absolute Gasteiger partial charge is 0.227 e. The Bertz CT molecular complexity index is 860. The molecule has 1 saturated heterocycles. The third-order valence-electron chi connectivity index (χ3n) is 4.73. The van der Waals surface area contributed by atoms with Gasteiger partial charge in [0.2, 0.25) is 10.9 Å². The summed E-state index contributed by atoms with van der Waals surface area (Å²) in [5.74, 6) is 2.16. The van der Waals surface area contributed by atoms with Gasteiger partial charge in [-0.15, -0.1) is 0 Å². The monoisotopic (exact) mass is 418 g/mol. The zero-order valence-electron chi connectivity index (χ0n) is 17.4. The first kappa shape index (κ1) is 21.2. The topological polar surface area (TPSA) is 77.0 Å². The van der Waals surface area contributed by atoms with Crippen LogP contribution in [0.15, 0.2) is 23.4 Å². The molecule has 156 valence electrons. The molecule has 9 heteroatoms.